The third kappa shape index (κ3) is 3.39. The summed E-state index contributed by atoms with van der Waals surface area (Å²) in [4.78, 5) is 25.0. The molecule has 0 bridgehead atoms. The van der Waals surface area contributed by atoms with Gasteiger partial charge in [-0.15, -0.1) is 0 Å². The summed E-state index contributed by atoms with van der Waals surface area (Å²) in [5, 5.41) is 19.3. The van der Waals surface area contributed by atoms with Crippen LogP contribution < -0.4 is 11.2 Å². The average Bonchev–Trinajstić information content (AvgIpc) is 2.76. The lowest BCUT2D eigenvalue weighted by atomic mass is 10.1. The van der Waals surface area contributed by atoms with Gasteiger partial charge in [0.2, 0.25) is 0 Å². The van der Waals surface area contributed by atoms with Crippen molar-refractivity contribution in [3.05, 3.63) is 33.1 Å². The lowest BCUT2D eigenvalue weighted by Crippen LogP contribution is -2.39. The molecule has 2 heterocycles. The molecule has 0 spiro atoms. The monoisotopic (exact) mass is 302 g/mol. The van der Waals surface area contributed by atoms with Crippen molar-refractivity contribution in [2.75, 3.05) is 26.9 Å². The molecule has 1 aliphatic heterocycles. The molecule has 21 heavy (non-hydrogen) atoms. The molecule has 0 saturated carbocycles. The van der Waals surface area contributed by atoms with Gasteiger partial charge in [-0.3, -0.25) is 14.3 Å². The van der Waals surface area contributed by atoms with Crippen molar-refractivity contribution in [2.24, 2.45) is 0 Å². The molecule has 0 aromatic carbocycles. The molecule has 4 atom stereocenters. The summed E-state index contributed by atoms with van der Waals surface area (Å²) < 4.78 is 16.9. The molecule has 0 radical (unpaired) electrons. The van der Waals surface area contributed by atoms with Gasteiger partial charge >= 0.3 is 5.69 Å². The molecule has 1 aromatic heterocycles. The van der Waals surface area contributed by atoms with E-state index in [1.807, 2.05) is 0 Å². The molecule has 2 rings (SSSR count). The number of ether oxygens (including phenoxy) is 3. The summed E-state index contributed by atoms with van der Waals surface area (Å²) >= 11 is 0. The van der Waals surface area contributed by atoms with E-state index in [9.17, 15) is 19.8 Å². The number of hydrogen-bond donors (Lipinski definition) is 3. The van der Waals surface area contributed by atoms with Gasteiger partial charge in [-0.05, 0) is 0 Å². The van der Waals surface area contributed by atoms with E-state index in [0.717, 1.165) is 10.6 Å². The number of aliphatic hydroxyl groups excluding tert-OH is 2. The number of methoxy groups -OCH3 is 1. The van der Waals surface area contributed by atoms with Crippen LogP contribution in [0.25, 0.3) is 0 Å². The quantitative estimate of drug-likeness (QED) is 0.510. The number of aromatic nitrogens is 2. The number of nitrogens with one attached hydrogen (secondary N) is 1. The van der Waals surface area contributed by atoms with Crippen LogP contribution in [0.4, 0.5) is 0 Å². The molecule has 9 nitrogen and oxygen atoms in total. The van der Waals surface area contributed by atoms with E-state index in [1.54, 1.807) is 0 Å². The molecule has 3 N–H and O–H groups in total. The first-order valence-corrected chi connectivity index (χ1v) is 6.45. The Morgan fingerprint density at radius 2 is 2.19 bits per heavy atom. The third-order valence-corrected chi connectivity index (χ3v) is 3.22. The standard InChI is InChI=1S/C12H18N2O7/c1-19-4-5-20-10-9(17)7(6-15)21-11(10)14-3-2-8(16)13-12(14)18/h2-3,7,9-11,15,17H,4-6H2,1H3,(H,13,16,18)/t7-,9-,10-,11+/m1/s1. The van der Waals surface area contributed by atoms with Gasteiger partial charge in [-0.2, -0.15) is 0 Å². The van der Waals surface area contributed by atoms with Crippen LogP contribution in [0.3, 0.4) is 0 Å². The Kier molecular flexibility index (Phi) is 5.26. The number of aromatic amines is 1. The average molecular weight is 302 g/mol. The zero-order valence-corrected chi connectivity index (χ0v) is 11.5. The highest BCUT2D eigenvalue weighted by atomic mass is 16.6. The van der Waals surface area contributed by atoms with Crippen LogP contribution in [0.1, 0.15) is 6.23 Å². The third-order valence-electron chi connectivity index (χ3n) is 3.22. The second-order valence-corrected chi connectivity index (χ2v) is 4.58. The van der Waals surface area contributed by atoms with Crippen LogP contribution in [-0.2, 0) is 14.2 Å². The van der Waals surface area contributed by atoms with Gasteiger partial charge in [-0.25, -0.2) is 4.79 Å². The predicted octanol–water partition coefficient (Wildman–Crippen LogP) is -2.18. The Bertz CT molecular complexity index is 569. The molecular formula is C12H18N2O7. The molecular weight excluding hydrogens is 284 g/mol. The van der Waals surface area contributed by atoms with Gasteiger partial charge in [0.15, 0.2) is 6.23 Å². The van der Waals surface area contributed by atoms with Crippen molar-refractivity contribution in [1.82, 2.24) is 9.55 Å². The lowest BCUT2D eigenvalue weighted by Gasteiger charge is -2.22. The Morgan fingerprint density at radius 1 is 1.43 bits per heavy atom. The molecule has 1 saturated heterocycles. The molecule has 118 valence electrons. The summed E-state index contributed by atoms with van der Waals surface area (Å²) in [6.07, 6.45) is -2.53. The molecule has 1 aliphatic rings. The van der Waals surface area contributed by atoms with Crippen molar-refractivity contribution < 1.29 is 24.4 Å². The Morgan fingerprint density at radius 3 is 2.81 bits per heavy atom. The van der Waals surface area contributed by atoms with Gasteiger partial charge in [0.25, 0.3) is 5.56 Å². The minimum absolute atomic E-state index is 0.189. The number of nitrogens with zero attached hydrogens (tertiary/aromatic N) is 1. The second-order valence-electron chi connectivity index (χ2n) is 4.58. The van der Waals surface area contributed by atoms with Crippen molar-refractivity contribution in [3.8, 4) is 0 Å². The van der Waals surface area contributed by atoms with Crippen molar-refractivity contribution in [1.29, 1.82) is 0 Å². The lowest BCUT2D eigenvalue weighted by molar-refractivity contribution is -0.0819. The van der Waals surface area contributed by atoms with E-state index >= 15 is 0 Å². The van der Waals surface area contributed by atoms with E-state index in [-0.39, 0.29) is 6.61 Å². The number of rotatable bonds is 6. The highest BCUT2D eigenvalue weighted by Gasteiger charge is 2.45. The highest BCUT2D eigenvalue weighted by Crippen LogP contribution is 2.30. The van der Waals surface area contributed by atoms with Crippen LogP contribution >= 0.6 is 0 Å². The first-order chi connectivity index (χ1) is 10.1. The van der Waals surface area contributed by atoms with Gasteiger partial charge in [-0.1, -0.05) is 0 Å². The molecule has 9 heteroatoms. The van der Waals surface area contributed by atoms with Gasteiger partial charge in [0, 0.05) is 19.4 Å². The minimum Gasteiger partial charge on any atom is -0.394 e. The number of hydrogen-bond acceptors (Lipinski definition) is 7. The Hall–Kier alpha value is -1.52. The maximum atomic E-state index is 11.8. The Labute approximate surface area is 119 Å². The van der Waals surface area contributed by atoms with Gasteiger partial charge in [0.1, 0.15) is 18.3 Å². The van der Waals surface area contributed by atoms with E-state index in [4.69, 9.17) is 14.2 Å². The van der Waals surface area contributed by atoms with Crippen molar-refractivity contribution in [3.63, 3.8) is 0 Å². The van der Waals surface area contributed by atoms with E-state index in [1.165, 1.54) is 13.3 Å². The van der Waals surface area contributed by atoms with Crippen molar-refractivity contribution >= 4 is 0 Å². The zero-order chi connectivity index (χ0) is 15.4. The van der Waals surface area contributed by atoms with E-state index < -0.39 is 42.4 Å². The summed E-state index contributed by atoms with van der Waals surface area (Å²) in [5.74, 6) is 0. The molecule has 1 fully saturated rings. The SMILES string of the molecule is COCCO[C@@H]1[C@H](O)[C@@H](CO)O[C@@H]1n1ccc(=O)[nH]c1=O. The van der Waals surface area contributed by atoms with Gasteiger partial charge < -0.3 is 24.4 Å². The normalized spacial score (nSPS) is 28.9. The largest absolute Gasteiger partial charge is 0.394 e. The predicted molar refractivity (Wildman–Crippen MR) is 69.9 cm³/mol. The minimum atomic E-state index is -1.10. The first-order valence-electron chi connectivity index (χ1n) is 6.45. The van der Waals surface area contributed by atoms with Crippen LogP contribution in [0.2, 0.25) is 0 Å². The summed E-state index contributed by atoms with van der Waals surface area (Å²) in [5.41, 5.74) is -1.22. The topological polar surface area (TPSA) is 123 Å². The molecule has 0 amide bonds. The van der Waals surface area contributed by atoms with E-state index in [2.05, 4.69) is 4.98 Å². The maximum absolute atomic E-state index is 11.8. The van der Waals surface area contributed by atoms with E-state index in [0.29, 0.717) is 6.61 Å². The number of H-pyrrole nitrogens is 1. The van der Waals surface area contributed by atoms with Crippen LogP contribution in [0, 0.1) is 0 Å². The fourth-order valence-corrected chi connectivity index (χ4v) is 2.17. The fourth-order valence-electron chi connectivity index (χ4n) is 2.17. The molecule has 0 aliphatic carbocycles. The van der Waals surface area contributed by atoms with Crippen molar-refractivity contribution in [2.45, 2.75) is 24.5 Å². The second kappa shape index (κ2) is 6.96. The summed E-state index contributed by atoms with van der Waals surface area (Å²) in [6, 6.07) is 1.16. The smallest absolute Gasteiger partial charge is 0.330 e. The Balaban J connectivity index is 2.25. The molecule has 1 aromatic rings. The first kappa shape index (κ1) is 15.9. The summed E-state index contributed by atoms with van der Waals surface area (Å²) in [6.45, 7) is 0.0779. The maximum Gasteiger partial charge on any atom is 0.330 e. The van der Waals surface area contributed by atoms with Crippen LogP contribution in [0.15, 0.2) is 21.9 Å². The summed E-state index contributed by atoms with van der Waals surface area (Å²) in [7, 11) is 1.51. The van der Waals surface area contributed by atoms with Crippen LogP contribution in [-0.4, -0.2) is 65.0 Å². The van der Waals surface area contributed by atoms with Gasteiger partial charge in [0.05, 0.1) is 19.8 Å². The molecule has 0 unspecified atom stereocenters. The highest BCUT2D eigenvalue weighted by molar-refractivity contribution is 4.93. The fraction of sp³-hybridized carbons (Fsp3) is 0.667. The zero-order valence-electron chi connectivity index (χ0n) is 11.5. The number of aliphatic hydroxyl groups is 2. The van der Waals surface area contributed by atoms with Crippen LogP contribution in [0.5, 0.6) is 0 Å².